The summed E-state index contributed by atoms with van der Waals surface area (Å²) in [7, 11) is 0. The molecule has 0 spiro atoms. The van der Waals surface area contributed by atoms with Crippen LogP contribution in [-0.4, -0.2) is 25.4 Å². The minimum atomic E-state index is -0.326. The van der Waals surface area contributed by atoms with Crippen LogP contribution in [0.2, 0.25) is 0 Å². The molecule has 1 atom stereocenters. The molecule has 0 N–H and O–H groups in total. The lowest BCUT2D eigenvalue weighted by Gasteiger charge is -2.23. The first-order chi connectivity index (χ1) is 11.2. The summed E-state index contributed by atoms with van der Waals surface area (Å²) in [5.74, 6) is 0. The van der Waals surface area contributed by atoms with Crippen molar-refractivity contribution in [2.24, 2.45) is 0 Å². The summed E-state index contributed by atoms with van der Waals surface area (Å²) in [6, 6.07) is 3.51. The highest BCUT2D eigenvalue weighted by Gasteiger charge is 2.21. The van der Waals surface area contributed by atoms with E-state index in [2.05, 4.69) is 5.10 Å². The highest BCUT2D eigenvalue weighted by Crippen LogP contribution is 2.21. The first-order valence-corrected chi connectivity index (χ1v) is 7.95. The van der Waals surface area contributed by atoms with Crippen molar-refractivity contribution < 1.29 is 4.74 Å². The van der Waals surface area contributed by atoms with Crippen LogP contribution in [0.3, 0.4) is 0 Å². The Morgan fingerprint density at radius 2 is 2.13 bits per heavy atom. The second-order valence-corrected chi connectivity index (χ2v) is 5.76. The van der Waals surface area contributed by atoms with Gasteiger partial charge in [0.1, 0.15) is 11.0 Å². The van der Waals surface area contributed by atoms with E-state index in [9.17, 15) is 9.59 Å². The number of nitrogens with zero attached hydrogens (tertiary/aromatic N) is 4. The quantitative estimate of drug-likeness (QED) is 0.719. The van der Waals surface area contributed by atoms with Gasteiger partial charge in [-0.1, -0.05) is 0 Å². The van der Waals surface area contributed by atoms with Gasteiger partial charge in [-0.15, -0.1) is 0 Å². The molecule has 0 aliphatic carbocycles. The summed E-state index contributed by atoms with van der Waals surface area (Å²) in [6.07, 6.45) is 5.82. The molecule has 1 aliphatic heterocycles. The van der Waals surface area contributed by atoms with Crippen LogP contribution in [0.4, 0.5) is 0 Å². The predicted octanol–water partition coefficient (Wildman–Crippen LogP) is 1.53. The fraction of sp³-hybridized carbons (Fsp3) is 0.438. The molecule has 1 aliphatic rings. The lowest BCUT2D eigenvalue weighted by molar-refractivity contribution is -0.0421. The van der Waals surface area contributed by atoms with E-state index in [4.69, 9.17) is 4.74 Å². The van der Waals surface area contributed by atoms with Crippen molar-refractivity contribution in [1.29, 1.82) is 0 Å². The average Bonchev–Trinajstić information content (AvgIpc) is 3.06. The maximum atomic E-state index is 13.0. The zero-order valence-corrected chi connectivity index (χ0v) is 12.9. The van der Waals surface area contributed by atoms with E-state index in [-0.39, 0.29) is 17.3 Å². The Balaban J connectivity index is 2.08. The molecule has 120 valence electrons. The molecule has 0 saturated carbocycles. The van der Waals surface area contributed by atoms with E-state index in [1.54, 1.807) is 33.5 Å². The summed E-state index contributed by atoms with van der Waals surface area (Å²) >= 11 is 0. The predicted molar refractivity (Wildman–Crippen MR) is 85.7 cm³/mol. The molecule has 1 fully saturated rings. The standard InChI is InChI=1S/C16H18N4O3/c1-2-18-12-10-17-20(13-7-3-4-9-23-13)16(22)14(12)19-8-5-6-11(19)15(18)21/h5-6,8,10,13H,2-4,7,9H2,1H3. The van der Waals surface area contributed by atoms with Gasteiger partial charge in [0.05, 0.1) is 11.7 Å². The van der Waals surface area contributed by atoms with Crippen LogP contribution in [0, 0.1) is 0 Å². The largest absolute Gasteiger partial charge is 0.356 e. The Morgan fingerprint density at radius 1 is 1.26 bits per heavy atom. The molecule has 0 radical (unpaired) electrons. The smallest absolute Gasteiger partial charge is 0.295 e. The summed E-state index contributed by atoms with van der Waals surface area (Å²) < 4.78 is 10.3. The molecular formula is C16H18N4O3. The number of aromatic nitrogens is 4. The first-order valence-electron chi connectivity index (χ1n) is 7.95. The topological polar surface area (TPSA) is 70.5 Å². The van der Waals surface area contributed by atoms with E-state index in [1.165, 1.54) is 4.68 Å². The van der Waals surface area contributed by atoms with Crippen molar-refractivity contribution in [1.82, 2.24) is 18.7 Å². The lowest BCUT2D eigenvalue weighted by atomic mass is 10.2. The third-order valence-corrected chi connectivity index (χ3v) is 4.45. The summed E-state index contributed by atoms with van der Waals surface area (Å²) in [5.41, 5.74) is 1.18. The van der Waals surface area contributed by atoms with Gasteiger partial charge in [0.15, 0.2) is 6.23 Å². The van der Waals surface area contributed by atoms with Gasteiger partial charge in [-0.2, -0.15) is 9.78 Å². The Labute approximate surface area is 131 Å². The van der Waals surface area contributed by atoms with Crippen molar-refractivity contribution >= 4 is 16.6 Å². The number of fused-ring (bicyclic) bond motifs is 3. The van der Waals surface area contributed by atoms with Gasteiger partial charge < -0.3 is 13.7 Å². The molecule has 4 heterocycles. The second kappa shape index (κ2) is 5.34. The number of rotatable bonds is 2. The number of hydrogen-bond acceptors (Lipinski definition) is 4. The van der Waals surface area contributed by atoms with Gasteiger partial charge in [-0.25, -0.2) is 0 Å². The molecule has 0 aromatic carbocycles. The Bertz CT molecular complexity index is 992. The van der Waals surface area contributed by atoms with Crippen LogP contribution in [0.15, 0.2) is 34.1 Å². The van der Waals surface area contributed by atoms with Crippen molar-refractivity contribution in [3.63, 3.8) is 0 Å². The molecule has 1 unspecified atom stereocenters. The monoisotopic (exact) mass is 314 g/mol. The van der Waals surface area contributed by atoms with E-state index in [0.717, 1.165) is 19.3 Å². The van der Waals surface area contributed by atoms with Gasteiger partial charge >= 0.3 is 0 Å². The molecular weight excluding hydrogens is 296 g/mol. The van der Waals surface area contributed by atoms with Gasteiger partial charge in [-0.05, 0) is 38.3 Å². The minimum Gasteiger partial charge on any atom is -0.356 e. The van der Waals surface area contributed by atoms with Crippen molar-refractivity contribution in [3.05, 3.63) is 45.2 Å². The van der Waals surface area contributed by atoms with E-state index in [0.29, 0.717) is 29.7 Å². The molecule has 0 amide bonds. The first kappa shape index (κ1) is 14.2. The number of hydrogen-bond donors (Lipinski definition) is 0. The fourth-order valence-corrected chi connectivity index (χ4v) is 3.31. The maximum Gasteiger partial charge on any atom is 0.295 e. The Kier molecular flexibility index (Phi) is 3.30. The highest BCUT2D eigenvalue weighted by atomic mass is 16.5. The van der Waals surface area contributed by atoms with Gasteiger partial charge in [-0.3, -0.25) is 9.59 Å². The van der Waals surface area contributed by atoms with E-state index in [1.807, 2.05) is 6.92 Å². The molecule has 3 aromatic rings. The molecule has 7 nitrogen and oxygen atoms in total. The second-order valence-electron chi connectivity index (χ2n) is 5.76. The van der Waals surface area contributed by atoms with Crippen LogP contribution in [0.1, 0.15) is 32.4 Å². The molecule has 4 rings (SSSR count). The van der Waals surface area contributed by atoms with Gasteiger partial charge in [0.25, 0.3) is 11.1 Å². The van der Waals surface area contributed by atoms with Crippen LogP contribution in [0.25, 0.3) is 16.6 Å². The normalized spacial score (nSPS) is 18.7. The molecule has 7 heteroatoms. The minimum absolute atomic E-state index is 0.113. The Morgan fingerprint density at radius 3 is 2.87 bits per heavy atom. The SMILES string of the molecule is CCn1c(=O)c2cccn2c2c(=O)n(C3CCCCO3)ncc21. The van der Waals surface area contributed by atoms with E-state index < -0.39 is 0 Å². The highest BCUT2D eigenvalue weighted by molar-refractivity contribution is 5.77. The number of ether oxygens (including phenoxy) is 1. The lowest BCUT2D eigenvalue weighted by Crippen LogP contribution is -2.34. The van der Waals surface area contributed by atoms with Crippen molar-refractivity contribution in [3.8, 4) is 0 Å². The van der Waals surface area contributed by atoms with E-state index >= 15 is 0 Å². The fourth-order valence-electron chi connectivity index (χ4n) is 3.31. The van der Waals surface area contributed by atoms with Crippen LogP contribution in [0.5, 0.6) is 0 Å². The number of aryl methyl sites for hydroxylation is 1. The molecule has 1 saturated heterocycles. The average molecular weight is 314 g/mol. The Hall–Kier alpha value is -2.41. The third-order valence-electron chi connectivity index (χ3n) is 4.45. The van der Waals surface area contributed by atoms with Gasteiger partial charge in [0.2, 0.25) is 0 Å². The van der Waals surface area contributed by atoms with Crippen molar-refractivity contribution in [2.45, 2.75) is 39.0 Å². The molecule has 23 heavy (non-hydrogen) atoms. The third kappa shape index (κ3) is 2.03. The zero-order chi connectivity index (χ0) is 16.0. The maximum absolute atomic E-state index is 13.0. The summed E-state index contributed by atoms with van der Waals surface area (Å²) in [4.78, 5) is 25.5. The summed E-state index contributed by atoms with van der Waals surface area (Å²) in [5, 5.41) is 4.28. The van der Waals surface area contributed by atoms with Crippen molar-refractivity contribution in [2.75, 3.05) is 6.61 Å². The van der Waals surface area contributed by atoms with Crippen LogP contribution >= 0.6 is 0 Å². The van der Waals surface area contributed by atoms with Crippen LogP contribution < -0.4 is 11.1 Å². The molecule has 0 bridgehead atoms. The summed E-state index contributed by atoms with van der Waals surface area (Å²) in [6.45, 7) is 3.02. The van der Waals surface area contributed by atoms with Crippen LogP contribution in [-0.2, 0) is 11.3 Å². The zero-order valence-electron chi connectivity index (χ0n) is 12.9. The molecule has 3 aromatic heterocycles. The van der Waals surface area contributed by atoms with Gasteiger partial charge in [0, 0.05) is 19.3 Å².